The van der Waals surface area contributed by atoms with Gasteiger partial charge in [-0.3, -0.25) is 14.6 Å². The fourth-order valence-electron chi connectivity index (χ4n) is 4.43. The monoisotopic (exact) mass is 445 g/mol. The molecule has 1 aliphatic heterocycles. The lowest BCUT2D eigenvalue weighted by Gasteiger charge is -2.33. The van der Waals surface area contributed by atoms with Gasteiger partial charge in [0.25, 0.3) is 5.91 Å². The number of nitrogens with one attached hydrogen (secondary N) is 1. The van der Waals surface area contributed by atoms with E-state index >= 15 is 0 Å². The summed E-state index contributed by atoms with van der Waals surface area (Å²) in [6.07, 6.45) is 9.36. The van der Waals surface area contributed by atoms with Crippen LogP contribution >= 0.6 is 0 Å². The molecule has 1 N–H and O–H groups in total. The number of benzene rings is 1. The van der Waals surface area contributed by atoms with E-state index < -0.39 is 5.54 Å². The summed E-state index contributed by atoms with van der Waals surface area (Å²) in [6, 6.07) is 11.9. The number of carbonyl (C=O) groups is 2. The van der Waals surface area contributed by atoms with Crippen LogP contribution in [0.25, 0.3) is 0 Å². The summed E-state index contributed by atoms with van der Waals surface area (Å²) >= 11 is 0. The summed E-state index contributed by atoms with van der Waals surface area (Å²) in [5.74, 6) is 6.56. The number of amides is 2. The number of rotatable bonds is 5. The van der Waals surface area contributed by atoms with Gasteiger partial charge in [-0.1, -0.05) is 61.4 Å². The molecular weight excluding hydrogens is 414 g/mol. The predicted octanol–water partition coefficient (Wildman–Crippen LogP) is 3.36. The number of hydrogen-bond donors (Lipinski definition) is 1. The lowest BCUT2D eigenvalue weighted by molar-refractivity contribution is -0.122. The molecule has 1 aliphatic carbocycles. The third-order valence-electron chi connectivity index (χ3n) is 6.30. The Morgan fingerprint density at radius 2 is 1.82 bits per heavy atom. The third-order valence-corrected chi connectivity index (χ3v) is 6.30. The van der Waals surface area contributed by atoms with Crippen LogP contribution in [0.5, 0.6) is 0 Å². The van der Waals surface area contributed by atoms with Gasteiger partial charge in [0, 0.05) is 37.5 Å². The molecular formula is C27H31N3O3. The smallest absolute Gasteiger partial charge is 0.255 e. The minimum atomic E-state index is -0.518. The van der Waals surface area contributed by atoms with Gasteiger partial charge in [0.15, 0.2) is 0 Å². The van der Waals surface area contributed by atoms with Gasteiger partial charge in [0.05, 0.1) is 18.8 Å². The summed E-state index contributed by atoms with van der Waals surface area (Å²) in [7, 11) is 0. The zero-order chi connectivity index (χ0) is 22.9. The van der Waals surface area contributed by atoms with E-state index in [4.69, 9.17) is 4.74 Å². The zero-order valence-electron chi connectivity index (χ0n) is 19.0. The number of morpholine rings is 1. The number of nitrogens with zero attached hydrogens (tertiary/aromatic N) is 2. The highest BCUT2D eigenvalue weighted by Crippen LogP contribution is 2.28. The maximum absolute atomic E-state index is 12.8. The highest BCUT2D eigenvalue weighted by Gasteiger charge is 2.31. The van der Waals surface area contributed by atoms with Crippen LogP contribution in [0, 0.1) is 11.8 Å². The Balaban J connectivity index is 1.45. The van der Waals surface area contributed by atoms with Crippen molar-refractivity contribution < 1.29 is 14.3 Å². The topological polar surface area (TPSA) is 71.5 Å². The first kappa shape index (κ1) is 23.0. The van der Waals surface area contributed by atoms with E-state index in [1.807, 2.05) is 30.3 Å². The maximum Gasteiger partial charge on any atom is 0.255 e. The number of aryl methyl sites for hydroxylation is 1. The summed E-state index contributed by atoms with van der Waals surface area (Å²) < 4.78 is 5.33. The fraction of sp³-hybridized carbons (Fsp3) is 0.444. The highest BCUT2D eigenvalue weighted by molar-refractivity contribution is 5.94. The number of pyridine rings is 1. The van der Waals surface area contributed by atoms with Crippen LogP contribution < -0.4 is 5.32 Å². The number of aromatic nitrogens is 1. The molecule has 2 amide bonds. The second-order valence-electron chi connectivity index (χ2n) is 8.79. The average molecular weight is 446 g/mol. The molecule has 1 aromatic heterocycles. The Labute approximate surface area is 195 Å². The Morgan fingerprint density at radius 1 is 1.06 bits per heavy atom. The van der Waals surface area contributed by atoms with Gasteiger partial charge in [-0.25, -0.2) is 0 Å². The molecule has 1 saturated carbocycles. The summed E-state index contributed by atoms with van der Waals surface area (Å²) in [5, 5.41) is 3.24. The summed E-state index contributed by atoms with van der Waals surface area (Å²) in [6.45, 7) is 2.30. The maximum atomic E-state index is 12.8. The number of carbonyl (C=O) groups excluding carboxylic acids is 2. The van der Waals surface area contributed by atoms with Crippen LogP contribution in [0.1, 0.15) is 60.0 Å². The number of hydrogen-bond acceptors (Lipinski definition) is 4. The molecule has 1 saturated heterocycles. The molecule has 33 heavy (non-hydrogen) atoms. The van der Waals surface area contributed by atoms with E-state index in [0.29, 0.717) is 50.3 Å². The van der Waals surface area contributed by atoms with Gasteiger partial charge in [-0.05, 0) is 30.9 Å². The van der Waals surface area contributed by atoms with Crippen molar-refractivity contribution in [3.05, 3.63) is 65.5 Å². The Bertz CT molecular complexity index is 1010. The van der Waals surface area contributed by atoms with Crippen molar-refractivity contribution in [3.63, 3.8) is 0 Å². The normalized spacial score (nSPS) is 17.5. The minimum Gasteiger partial charge on any atom is -0.378 e. The third kappa shape index (κ3) is 6.43. The van der Waals surface area contributed by atoms with Crippen LogP contribution in [0.2, 0.25) is 0 Å². The SMILES string of the molecule is O=C(CCc1ccccc1)NC1(C#Cc2cncc(C(=O)N3CCOCC3)c2)CCCCC1. The minimum absolute atomic E-state index is 0.0319. The Kier molecular flexibility index (Phi) is 7.74. The first-order valence-electron chi connectivity index (χ1n) is 11.8. The van der Waals surface area contributed by atoms with Crippen molar-refractivity contribution in [2.45, 2.75) is 50.5 Å². The standard InChI is InChI=1S/C27H31N3O3/c31-25(10-9-22-7-3-1-4-8-22)29-27(12-5-2-6-13-27)14-11-23-19-24(21-28-20-23)26(32)30-15-17-33-18-16-30/h1,3-4,7-8,19-21H,2,5-6,9-10,12-13,15-18H2,(H,29,31). The molecule has 2 heterocycles. The molecule has 6 nitrogen and oxygen atoms in total. The van der Waals surface area contributed by atoms with Gasteiger partial charge in [-0.2, -0.15) is 0 Å². The van der Waals surface area contributed by atoms with Gasteiger partial charge in [0.2, 0.25) is 5.91 Å². The largest absolute Gasteiger partial charge is 0.378 e. The van der Waals surface area contributed by atoms with Gasteiger partial charge < -0.3 is 15.0 Å². The van der Waals surface area contributed by atoms with Crippen LogP contribution in [0.4, 0.5) is 0 Å². The van der Waals surface area contributed by atoms with Crippen molar-refractivity contribution in [2.75, 3.05) is 26.3 Å². The molecule has 0 bridgehead atoms. The van der Waals surface area contributed by atoms with Crippen molar-refractivity contribution in [1.82, 2.24) is 15.2 Å². The lowest BCUT2D eigenvalue weighted by Crippen LogP contribution is -2.48. The Hall–Kier alpha value is -3.17. The number of ether oxygens (including phenoxy) is 1. The molecule has 0 unspecified atom stereocenters. The van der Waals surface area contributed by atoms with Gasteiger partial charge in [-0.15, -0.1) is 0 Å². The molecule has 4 rings (SSSR count). The van der Waals surface area contributed by atoms with E-state index in [2.05, 4.69) is 22.1 Å². The first-order valence-corrected chi connectivity index (χ1v) is 11.8. The molecule has 172 valence electrons. The van der Waals surface area contributed by atoms with Crippen molar-refractivity contribution >= 4 is 11.8 Å². The van der Waals surface area contributed by atoms with Crippen molar-refractivity contribution in [1.29, 1.82) is 0 Å². The molecule has 1 aromatic carbocycles. The molecule has 0 radical (unpaired) electrons. The Morgan fingerprint density at radius 3 is 2.58 bits per heavy atom. The second kappa shape index (κ2) is 11.1. The van der Waals surface area contributed by atoms with Crippen LogP contribution in [-0.2, 0) is 16.0 Å². The average Bonchev–Trinajstić information content (AvgIpc) is 2.88. The van der Waals surface area contributed by atoms with Crippen LogP contribution in [0.3, 0.4) is 0 Å². The predicted molar refractivity (Wildman–Crippen MR) is 127 cm³/mol. The van der Waals surface area contributed by atoms with Gasteiger partial charge in [0.1, 0.15) is 5.54 Å². The van der Waals surface area contributed by atoms with E-state index in [1.165, 1.54) is 0 Å². The van der Waals surface area contributed by atoms with E-state index in [-0.39, 0.29) is 11.8 Å². The van der Waals surface area contributed by atoms with E-state index in [0.717, 1.165) is 37.7 Å². The van der Waals surface area contributed by atoms with Crippen LogP contribution in [0.15, 0.2) is 48.8 Å². The van der Waals surface area contributed by atoms with Crippen LogP contribution in [-0.4, -0.2) is 53.5 Å². The molecule has 0 spiro atoms. The molecule has 2 aliphatic rings. The van der Waals surface area contributed by atoms with Crippen molar-refractivity contribution in [3.8, 4) is 11.8 Å². The van der Waals surface area contributed by atoms with E-state index in [1.54, 1.807) is 23.4 Å². The zero-order valence-corrected chi connectivity index (χ0v) is 19.0. The lowest BCUT2D eigenvalue weighted by atomic mass is 9.81. The van der Waals surface area contributed by atoms with E-state index in [9.17, 15) is 9.59 Å². The van der Waals surface area contributed by atoms with Crippen molar-refractivity contribution in [2.24, 2.45) is 0 Å². The highest BCUT2D eigenvalue weighted by atomic mass is 16.5. The van der Waals surface area contributed by atoms with Gasteiger partial charge >= 0.3 is 0 Å². The summed E-state index contributed by atoms with van der Waals surface area (Å²) in [4.78, 5) is 31.6. The first-order chi connectivity index (χ1) is 16.1. The molecule has 6 heteroatoms. The fourth-order valence-corrected chi connectivity index (χ4v) is 4.43. The molecule has 2 fully saturated rings. The quantitative estimate of drug-likeness (QED) is 0.717. The molecule has 2 aromatic rings. The molecule has 0 atom stereocenters. The second-order valence-corrected chi connectivity index (χ2v) is 8.79. The summed E-state index contributed by atoms with van der Waals surface area (Å²) in [5.41, 5.74) is 1.87.